The number of aliphatic hydroxyl groups excluding tert-OH is 1. The number of hydrogen-bond donors (Lipinski definition) is 1. The van der Waals surface area contributed by atoms with E-state index in [1.54, 1.807) is 0 Å². The van der Waals surface area contributed by atoms with Crippen LogP contribution in [-0.4, -0.2) is 61.8 Å². The third-order valence-electron chi connectivity index (χ3n) is 1.22. The fourth-order valence-electron chi connectivity index (χ4n) is 0.667. The number of carbonyl (C=O) groups is 1. The van der Waals surface area contributed by atoms with Crippen molar-refractivity contribution in [1.82, 2.24) is 0 Å². The predicted molar refractivity (Wildman–Crippen MR) is 50.6 cm³/mol. The molecule has 0 spiro atoms. The Morgan fingerprint density at radius 1 is 1.50 bits per heavy atom. The summed E-state index contributed by atoms with van der Waals surface area (Å²) in [5.74, 6) is -0.242. The third kappa shape index (κ3) is 10.1. The molecule has 0 aromatic carbocycles. The molecule has 0 aromatic rings. The minimum atomic E-state index is -0.766. The molecule has 1 N–H and O–H groups in total. The molecule has 0 aliphatic carbocycles. The third-order valence-corrected chi connectivity index (χ3v) is 1.57. The highest BCUT2D eigenvalue weighted by Gasteiger charge is 2.16. The van der Waals surface area contributed by atoms with Gasteiger partial charge in [0.2, 0.25) is 0 Å². The Balaban J connectivity index is 0. The molecule has 6 heteroatoms. The van der Waals surface area contributed by atoms with E-state index in [-0.39, 0.29) is 37.4 Å². The van der Waals surface area contributed by atoms with Gasteiger partial charge < -0.3 is 26.7 Å². The Morgan fingerprint density at radius 2 is 2.00 bits per heavy atom. The first-order valence-electron chi connectivity index (χ1n) is 4.05. The van der Waals surface area contributed by atoms with Crippen molar-refractivity contribution in [1.29, 1.82) is 0 Å². The summed E-state index contributed by atoms with van der Waals surface area (Å²) >= 11 is 5.32. The zero-order valence-electron chi connectivity index (χ0n) is 8.67. The molecular weight excluding hydrogens is 229 g/mol. The molecule has 0 fully saturated rings. The molecule has 0 heterocycles. The van der Waals surface area contributed by atoms with Gasteiger partial charge in [-0.15, -0.1) is 11.6 Å². The van der Waals surface area contributed by atoms with E-state index in [0.29, 0.717) is 4.48 Å². The van der Waals surface area contributed by atoms with Gasteiger partial charge in [0.15, 0.2) is 6.54 Å². The Kier molecular flexibility index (Phi) is 8.54. The van der Waals surface area contributed by atoms with Gasteiger partial charge in [0.1, 0.15) is 12.7 Å². The van der Waals surface area contributed by atoms with Gasteiger partial charge in [0.05, 0.1) is 27.0 Å². The Morgan fingerprint density at radius 3 is 2.36 bits per heavy atom. The molecule has 14 heavy (non-hydrogen) atoms. The highest BCUT2D eigenvalue weighted by atomic mass is 35.5. The molecule has 0 radical (unpaired) electrons. The van der Waals surface area contributed by atoms with Gasteiger partial charge in [-0.1, -0.05) is 0 Å². The maximum absolute atomic E-state index is 11.1. The Hall–Kier alpha value is -0.0300. The molecule has 0 rings (SSSR count). The van der Waals surface area contributed by atoms with Gasteiger partial charge >= 0.3 is 5.97 Å². The van der Waals surface area contributed by atoms with Crippen molar-refractivity contribution in [3.63, 3.8) is 0 Å². The van der Waals surface area contributed by atoms with Crippen LogP contribution in [0.25, 0.3) is 0 Å². The van der Waals surface area contributed by atoms with Crippen LogP contribution in [0.1, 0.15) is 0 Å². The number of esters is 1. The van der Waals surface area contributed by atoms with Crippen molar-refractivity contribution < 1.29 is 31.5 Å². The second-order valence-corrected chi connectivity index (χ2v) is 4.25. The normalized spacial score (nSPS) is 12.9. The first-order chi connectivity index (χ1) is 5.85. The number of ether oxygens (including phenoxy) is 1. The maximum atomic E-state index is 11.1. The highest BCUT2D eigenvalue weighted by Crippen LogP contribution is 1.94. The number of alkyl halides is 1. The summed E-state index contributed by atoms with van der Waals surface area (Å²) in [7, 11) is 5.66. The minimum Gasteiger partial charge on any atom is -1.00 e. The lowest BCUT2D eigenvalue weighted by atomic mass is 10.4. The van der Waals surface area contributed by atoms with Crippen molar-refractivity contribution in [3.05, 3.63) is 0 Å². The van der Waals surface area contributed by atoms with E-state index in [4.69, 9.17) is 21.4 Å². The van der Waals surface area contributed by atoms with Crippen molar-refractivity contribution in [2.75, 3.05) is 40.2 Å². The number of nitrogens with zero attached hydrogens (tertiary/aromatic N) is 1. The molecule has 86 valence electrons. The zero-order valence-corrected chi connectivity index (χ0v) is 10.2. The second-order valence-electron chi connectivity index (χ2n) is 3.94. The van der Waals surface area contributed by atoms with Crippen LogP contribution < -0.4 is 12.4 Å². The second kappa shape index (κ2) is 7.29. The van der Waals surface area contributed by atoms with Crippen molar-refractivity contribution in [3.8, 4) is 0 Å². The smallest absolute Gasteiger partial charge is 0.361 e. The molecule has 4 nitrogen and oxygen atoms in total. The highest BCUT2D eigenvalue weighted by molar-refractivity contribution is 6.18. The summed E-state index contributed by atoms with van der Waals surface area (Å²) in [6.45, 7) is 0.261. The number of likely N-dealkylation sites (N-methyl/N-ethyl adjacent to an activating group) is 1. The molecule has 1 unspecified atom stereocenters. The molecule has 0 aliphatic heterocycles. The van der Waals surface area contributed by atoms with Crippen molar-refractivity contribution >= 4 is 17.6 Å². The summed E-state index contributed by atoms with van der Waals surface area (Å²) in [4.78, 5) is 11.1. The zero-order chi connectivity index (χ0) is 10.5. The molecule has 0 aliphatic rings. The van der Waals surface area contributed by atoms with Gasteiger partial charge in [-0.3, -0.25) is 0 Å². The molecule has 0 saturated heterocycles. The lowest BCUT2D eigenvalue weighted by molar-refractivity contribution is -0.862. The number of carbonyl (C=O) groups excluding carboxylic acids is 1. The fraction of sp³-hybridized carbons (Fsp3) is 0.875. The largest absolute Gasteiger partial charge is 1.00 e. The SMILES string of the molecule is C[N+](C)(C)CC(=O)OCC(O)CCl.[Cl-]. The Labute approximate surface area is 95.8 Å². The molecule has 0 aromatic heterocycles. The van der Waals surface area contributed by atoms with Gasteiger partial charge in [0, 0.05) is 0 Å². The summed E-state index contributed by atoms with van der Waals surface area (Å²) < 4.78 is 5.29. The van der Waals surface area contributed by atoms with Crippen molar-refractivity contribution in [2.45, 2.75) is 6.10 Å². The van der Waals surface area contributed by atoms with Crippen LogP contribution in [0.2, 0.25) is 0 Å². The van der Waals surface area contributed by atoms with Crippen LogP contribution in [-0.2, 0) is 9.53 Å². The quantitative estimate of drug-likeness (QED) is 0.316. The number of rotatable bonds is 5. The first kappa shape index (κ1) is 16.4. The van der Waals surface area contributed by atoms with E-state index in [2.05, 4.69) is 0 Å². The summed E-state index contributed by atoms with van der Waals surface area (Å²) in [5.41, 5.74) is 0. The van der Waals surface area contributed by atoms with Crippen LogP contribution in [0.3, 0.4) is 0 Å². The molecular formula is C8H17Cl2NO3. The Bertz CT molecular complexity index is 170. The molecule has 1 atom stereocenters. The van der Waals surface area contributed by atoms with Crippen LogP contribution in [0.5, 0.6) is 0 Å². The van der Waals surface area contributed by atoms with E-state index < -0.39 is 6.10 Å². The van der Waals surface area contributed by atoms with Crippen molar-refractivity contribution in [2.24, 2.45) is 0 Å². The predicted octanol–water partition coefficient (Wildman–Crippen LogP) is -3.16. The first-order valence-corrected chi connectivity index (χ1v) is 4.58. The monoisotopic (exact) mass is 245 g/mol. The standard InChI is InChI=1S/C8H17ClNO3.ClH/c1-10(2,3)5-8(12)13-6-7(11)4-9;/h7,11H,4-6H2,1-3H3;1H/q+1;/p-1. The van der Waals surface area contributed by atoms with Gasteiger partial charge in [0.25, 0.3) is 0 Å². The number of quaternary nitrogens is 1. The molecule has 0 saturated carbocycles. The van der Waals surface area contributed by atoms with E-state index in [0.717, 1.165) is 0 Å². The van der Waals surface area contributed by atoms with E-state index in [1.165, 1.54) is 0 Å². The summed E-state index contributed by atoms with van der Waals surface area (Å²) in [6, 6.07) is 0. The fourth-order valence-corrected chi connectivity index (χ4v) is 0.756. The summed E-state index contributed by atoms with van der Waals surface area (Å²) in [6.07, 6.45) is -0.766. The van der Waals surface area contributed by atoms with E-state index in [1.807, 2.05) is 21.1 Å². The lowest BCUT2D eigenvalue weighted by Gasteiger charge is -2.22. The van der Waals surface area contributed by atoms with Crippen LogP contribution in [0, 0.1) is 0 Å². The van der Waals surface area contributed by atoms with Gasteiger partial charge in [-0.25, -0.2) is 4.79 Å². The van der Waals surface area contributed by atoms with Gasteiger partial charge in [-0.05, 0) is 0 Å². The molecule has 0 bridgehead atoms. The van der Waals surface area contributed by atoms with Gasteiger partial charge in [-0.2, -0.15) is 0 Å². The lowest BCUT2D eigenvalue weighted by Crippen LogP contribution is -3.00. The average molecular weight is 246 g/mol. The van der Waals surface area contributed by atoms with Crippen LogP contribution >= 0.6 is 11.6 Å². The number of aliphatic hydroxyl groups is 1. The number of halogens is 2. The topological polar surface area (TPSA) is 46.5 Å². The number of hydrogen-bond acceptors (Lipinski definition) is 3. The average Bonchev–Trinajstić information content (AvgIpc) is 1.97. The van der Waals surface area contributed by atoms with E-state index >= 15 is 0 Å². The van der Waals surface area contributed by atoms with Crippen LogP contribution in [0.4, 0.5) is 0 Å². The molecule has 0 amide bonds. The van der Waals surface area contributed by atoms with E-state index in [9.17, 15) is 4.79 Å². The summed E-state index contributed by atoms with van der Waals surface area (Å²) in [5, 5.41) is 8.99. The van der Waals surface area contributed by atoms with Crippen LogP contribution in [0.15, 0.2) is 0 Å². The maximum Gasteiger partial charge on any atom is 0.361 e. The minimum absolute atomic E-state index is 0.